The van der Waals surface area contributed by atoms with E-state index in [9.17, 15) is 4.79 Å². The smallest absolute Gasteiger partial charge is 0.323 e. The molecule has 0 spiro atoms. The van der Waals surface area contributed by atoms with Crippen LogP contribution in [0.2, 0.25) is 0 Å². The standard InChI is InChI=1S/C17H17N7O/c1-11-8-12(2)24(22-11)14-5-3-4-13(9-14)16-18-6-7-23(16)10-15-19-17(25)21-20-15/h3-9H,10H2,1-2H3,(H2,19,20,21,25). The van der Waals surface area contributed by atoms with Crippen LogP contribution in [0.15, 0.2) is 47.5 Å². The molecule has 25 heavy (non-hydrogen) atoms. The van der Waals surface area contributed by atoms with E-state index in [2.05, 4.69) is 25.3 Å². The molecule has 0 aliphatic carbocycles. The zero-order valence-electron chi connectivity index (χ0n) is 13.9. The van der Waals surface area contributed by atoms with Crippen molar-refractivity contribution in [2.24, 2.45) is 0 Å². The quantitative estimate of drug-likeness (QED) is 0.594. The second kappa shape index (κ2) is 5.90. The summed E-state index contributed by atoms with van der Waals surface area (Å²) in [5, 5.41) is 10.9. The molecule has 0 saturated heterocycles. The fraction of sp³-hybridized carbons (Fsp3) is 0.176. The van der Waals surface area contributed by atoms with Gasteiger partial charge < -0.3 is 4.57 Å². The number of aryl methyl sites for hydroxylation is 2. The van der Waals surface area contributed by atoms with Crippen LogP contribution in [0.4, 0.5) is 0 Å². The highest BCUT2D eigenvalue weighted by atomic mass is 16.1. The number of nitrogens with zero attached hydrogens (tertiary/aromatic N) is 5. The third-order valence-corrected chi connectivity index (χ3v) is 3.94. The first kappa shape index (κ1) is 15.1. The normalized spacial score (nSPS) is 11.1. The molecule has 0 aliphatic rings. The van der Waals surface area contributed by atoms with Crippen LogP contribution in [0.5, 0.6) is 0 Å². The van der Waals surface area contributed by atoms with Crippen molar-refractivity contribution in [3.8, 4) is 17.1 Å². The van der Waals surface area contributed by atoms with Gasteiger partial charge in [-0.05, 0) is 32.0 Å². The Kier molecular flexibility index (Phi) is 3.57. The number of H-pyrrole nitrogens is 2. The number of imidazole rings is 1. The van der Waals surface area contributed by atoms with Crippen molar-refractivity contribution >= 4 is 0 Å². The lowest BCUT2D eigenvalue weighted by Crippen LogP contribution is -2.05. The Labute approximate surface area is 143 Å². The molecule has 0 unspecified atom stereocenters. The van der Waals surface area contributed by atoms with Gasteiger partial charge in [-0.1, -0.05) is 12.1 Å². The number of aromatic nitrogens is 7. The van der Waals surface area contributed by atoms with Gasteiger partial charge >= 0.3 is 5.69 Å². The first-order valence-electron chi connectivity index (χ1n) is 7.89. The molecular formula is C17H17N7O. The summed E-state index contributed by atoms with van der Waals surface area (Å²) in [4.78, 5) is 18.3. The van der Waals surface area contributed by atoms with Crippen LogP contribution in [0.3, 0.4) is 0 Å². The molecule has 0 atom stereocenters. The van der Waals surface area contributed by atoms with Gasteiger partial charge in [-0.2, -0.15) is 10.2 Å². The molecule has 0 radical (unpaired) electrons. The molecule has 0 bridgehead atoms. The Morgan fingerprint density at radius 1 is 1.20 bits per heavy atom. The molecule has 2 N–H and O–H groups in total. The number of rotatable bonds is 4. The lowest BCUT2D eigenvalue weighted by atomic mass is 10.2. The highest BCUT2D eigenvalue weighted by molar-refractivity contribution is 5.59. The number of aromatic amines is 2. The number of hydrogen-bond donors (Lipinski definition) is 2. The van der Waals surface area contributed by atoms with Crippen LogP contribution in [-0.4, -0.2) is 34.5 Å². The summed E-state index contributed by atoms with van der Waals surface area (Å²) in [5.74, 6) is 1.35. The van der Waals surface area contributed by atoms with Crippen LogP contribution in [0, 0.1) is 13.8 Å². The molecule has 3 aromatic heterocycles. The maximum absolute atomic E-state index is 11.2. The SMILES string of the molecule is Cc1cc(C)n(-c2cccc(-c3nccn3Cc3n[nH]c(=O)[nH]3)c2)n1. The van der Waals surface area contributed by atoms with Crippen molar-refractivity contribution in [2.45, 2.75) is 20.4 Å². The fourth-order valence-corrected chi connectivity index (χ4v) is 2.91. The molecule has 8 nitrogen and oxygen atoms in total. The van der Waals surface area contributed by atoms with Crippen molar-refractivity contribution < 1.29 is 0 Å². The van der Waals surface area contributed by atoms with Gasteiger partial charge in [0.05, 0.1) is 17.9 Å². The summed E-state index contributed by atoms with van der Waals surface area (Å²) >= 11 is 0. The van der Waals surface area contributed by atoms with Crippen LogP contribution in [0.1, 0.15) is 17.2 Å². The minimum atomic E-state index is -0.316. The van der Waals surface area contributed by atoms with Gasteiger partial charge in [0.2, 0.25) is 0 Å². The van der Waals surface area contributed by atoms with Gasteiger partial charge in [-0.3, -0.25) is 4.98 Å². The second-order valence-corrected chi connectivity index (χ2v) is 5.89. The van der Waals surface area contributed by atoms with Gasteiger partial charge in [0.15, 0.2) is 5.82 Å². The summed E-state index contributed by atoms with van der Waals surface area (Å²) in [7, 11) is 0. The predicted molar refractivity (Wildman–Crippen MR) is 92.6 cm³/mol. The number of hydrogen-bond acceptors (Lipinski definition) is 4. The minimum Gasteiger partial charge on any atom is -0.323 e. The zero-order valence-corrected chi connectivity index (χ0v) is 13.9. The summed E-state index contributed by atoms with van der Waals surface area (Å²) in [6.07, 6.45) is 3.59. The van der Waals surface area contributed by atoms with Crippen LogP contribution in [-0.2, 0) is 6.54 Å². The van der Waals surface area contributed by atoms with Gasteiger partial charge in [-0.25, -0.2) is 19.6 Å². The monoisotopic (exact) mass is 335 g/mol. The fourth-order valence-electron chi connectivity index (χ4n) is 2.91. The Morgan fingerprint density at radius 3 is 2.80 bits per heavy atom. The van der Waals surface area contributed by atoms with Gasteiger partial charge in [0.25, 0.3) is 0 Å². The van der Waals surface area contributed by atoms with Gasteiger partial charge in [0, 0.05) is 23.7 Å². The lowest BCUT2D eigenvalue weighted by molar-refractivity contribution is 0.754. The lowest BCUT2D eigenvalue weighted by Gasteiger charge is -2.09. The average Bonchev–Trinajstić information content (AvgIpc) is 3.29. The Morgan fingerprint density at radius 2 is 2.08 bits per heavy atom. The van der Waals surface area contributed by atoms with Gasteiger partial charge in [-0.15, -0.1) is 0 Å². The summed E-state index contributed by atoms with van der Waals surface area (Å²) < 4.78 is 3.85. The Hall–Kier alpha value is -3.42. The van der Waals surface area contributed by atoms with E-state index in [0.29, 0.717) is 12.4 Å². The minimum absolute atomic E-state index is 0.316. The first-order chi connectivity index (χ1) is 12.1. The molecule has 1 aromatic carbocycles. The predicted octanol–water partition coefficient (Wildman–Crippen LogP) is 1.81. The van der Waals surface area contributed by atoms with E-state index >= 15 is 0 Å². The third kappa shape index (κ3) is 2.89. The van der Waals surface area contributed by atoms with Crippen molar-refractivity contribution in [2.75, 3.05) is 0 Å². The maximum Gasteiger partial charge on any atom is 0.340 e. The van der Waals surface area contributed by atoms with Gasteiger partial charge in [0.1, 0.15) is 5.82 Å². The summed E-state index contributed by atoms with van der Waals surface area (Å²) in [5.41, 5.74) is 3.68. The van der Waals surface area contributed by atoms with Crippen LogP contribution >= 0.6 is 0 Å². The summed E-state index contributed by atoms with van der Waals surface area (Å²) in [6.45, 7) is 4.43. The molecule has 0 fully saturated rings. The highest BCUT2D eigenvalue weighted by Gasteiger charge is 2.10. The molecule has 8 heteroatoms. The molecular weight excluding hydrogens is 318 g/mol. The van der Waals surface area contributed by atoms with E-state index in [0.717, 1.165) is 28.5 Å². The van der Waals surface area contributed by atoms with Crippen molar-refractivity contribution in [3.05, 3.63) is 70.4 Å². The zero-order chi connectivity index (χ0) is 17.4. The Bertz CT molecular complexity index is 1080. The van der Waals surface area contributed by atoms with E-state index in [1.807, 2.05) is 59.6 Å². The van der Waals surface area contributed by atoms with Crippen molar-refractivity contribution in [1.29, 1.82) is 0 Å². The maximum atomic E-state index is 11.2. The van der Waals surface area contributed by atoms with E-state index in [1.54, 1.807) is 6.20 Å². The van der Waals surface area contributed by atoms with E-state index in [1.165, 1.54) is 0 Å². The average molecular weight is 335 g/mol. The highest BCUT2D eigenvalue weighted by Crippen LogP contribution is 2.22. The van der Waals surface area contributed by atoms with Crippen molar-refractivity contribution in [3.63, 3.8) is 0 Å². The number of nitrogens with one attached hydrogen (secondary N) is 2. The number of benzene rings is 1. The molecule has 126 valence electrons. The van der Waals surface area contributed by atoms with Crippen LogP contribution in [0.25, 0.3) is 17.1 Å². The Balaban J connectivity index is 1.71. The summed E-state index contributed by atoms with van der Waals surface area (Å²) in [6, 6.07) is 10.1. The molecule has 4 rings (SSSR count). The topological polar surface area (TPSA) is 97.2 Å². The van der Waals surface area contributed by atoms with E-state index in [-0.39, 0.29) is 5.69 Å². The molecule has 0 aliphatic heterocycles. The molecule has 4 aromatic rings. The van der Waals surface area contributed by atoms with Crippen molar-refractivity contribution in [1.82, 2.24) is 34.5 Å². The molecule has 0 saturated carbocycles. The van der Waals surface area contributed by atoms with Crippen LogP contribution < -0.4 is 5.69 Å². The van der Waals surface area contributed by atoms with E-state index in [4.69, 9.17) is 0 Å². The van der Waals surface area contributed by atoms with E-state index < -0.39 is 0 Å². The third-order valence-electron chi connectivity index (χ3n) is 3.94. The second-order valence-electron chi connectivity index (χ2n) is 5.89. The first-order valence-corrected chi connectivity index (χ1v) is 7.89. The largest absolute Gasteiger partial charge is 0.340 e. The molecule has 0 amide bonds. The molecule has 3 heterocycles.